The molecule has 22 heavy (non-hydrogen) atoms. The van der Waals surface area contributed by atoms with Crippen molar-refractivity contribution in [3.8, 4) is 0 Å². The summed E-state index contributed by atoms with van der Waals surface area (Å²) in [5, 5.41) is 7.91. The van der Waals surface area contributed by atoms with E-state index < -0.39 is 0 Å². The van der Waals surface area contributed by atoms with E-state index in [1.165, 1.54) is 11.8 Å². The smallest absolute Gasteiger partial charge is 0.234 e. The Balaban J connectivity index is 1.95. The number of hydrogen-bond acceptors (Lipinski definition) is 6. The maximum absolute atomic E-state index is 11.1. The summed E-state index contributed by atoms with van der Waals surface area (Å²) in [5.74, 6) is 1.12. The number of carbonyl (C=O) groups excluding carboxylic acids is 1. The molecule has 2 N–H and O–H groups in total. The number of carbonyl (C=O) groups is 1. The lowest BCUT2D eigenvalue weighted by Gasteiger charge is -2.14. The van der Waals surface area contributed by atoms with Crippen LogP contribution in [-0.2, 0) is 11.2 Å². The largest absolute Gasteiger partial charge is 0.352 e. The molecule has 0 saturated carbocycles. The molecule has 1 amide bonds. The molecule has 118 valence electrons. The first-order valence-corrected chi connectivity index (χ1v) is 8.60. The Morgan fingerprint density at radius 3 is 2.73 bits per heavy atom. The van der Waals surface area contributed by atoms with Crippen LogP contribution < -0.4 is 10.6 Å². The molecule has 8 heteroatoms. The monoisotopic (exact) mass is 383 g/mol. The number of halogens is 1. The number of anilines is 2. The predicted octanol–water partition coefficient (Wildman–Crippen LogP) is 3.40. The summed E-state index contributed by atoms with van der Waals surface area (Å²) in [6.07, 6.45) is 1.94. The van der Waals surface area contributed by atoms with Crippen LogP contribution in [0.3, 0.4) is 0 Å². The van der Waals surface area contributed by atoms with Crippen molar-refractivity contribution < 1.29 is 4.79 Å². The summed E-state index contributed by atoms with van der Waals surface area (Å²) in [7, 11) is 0. The van der Waals surface area contributed by atoms with Gasteiger partial charge in [-0.25, -0.2) is 0 Å². The molecule has 1 atom stereocenters. The zero-order valence-corrected chi connectivity index (χ0v) is 15.1. The normalized spacial score (nSPS) is 12.0. The number of rotatable bonds is 6. The van der Waals surface area contributed by atoms with Gasteiger partial charge in [0, 0.05) is 22.3 Å². The summed E-state index contributed by atoms with van der Waals surface area (Å²) in [6.45, 7) is 5.28. The van der Waals surface area contributed by atoms with E-state index in [4.69, 9.17) is 0 Å². The van der Waals surface area contributed by atoms with Gasteiger partial charge in [0.25, 0.3) is 0 Å². The number of aromatic nitrogens is 3. The molecule has 0 bridgehead atoms. The second-order valence-corrected chi connectivity index (χ2v) is 6.84. The third kappa shape index (κ3) is 5.03. The van der Waals surface area contributed by atoms with E-state index in [1.54, 1.807) is 18.3 Å². The SMILES string of the molecule is CC(=O)Nc1nc(C)nc(NC(C)CCc2sccc2Br)n1. The predicted molar refractivity (Wildman–Crippen MR) is 92.3 cm³/mol. The number of nitrogens with one attached hydrogen (secondary N) is 2. The van der Waals surface area contributed by atoms with Crippen LogP contribution in [0, 0.1) is 6.92 Å². The molecule has 0 aliphatic rings. The third-order valence-corrected chi connectivity index (χ3v) is 4.89. The van der Waals surface area contributed by atoms with Crippen LogP contribution >= 0.6 is 27.3 Å². The van der Waals surface area contributed by atoms with Crippen LogP contribution in [0.2, 0.25) is 0 Å². The molecule has 2 rings (SSSR count). The fourth-order valence-electron chi connectivity index (χ4n) is 1.90. The van der Waals surface area contributed by atoms with Gasteiger partial charge in [-0.05, 0) is 54.1 Å². The molecule has 2 aromatic heterocycles. The van der Waals surface area contributed by atoms with E-state index in [2.05, 4.69) is 59.9 Å². The summed E-state index contributed by atoms with van der Waals surface area (Å²) >= 11 is 5.29. The van der Waals surface area contributed by atoms with Crippen LogP contribution in [0.5, 0.6) is 0 Å². The van der Waals surface area contributed by atoms with Crippen molar-refractivity contribution in [2.75, 3.05) is 10.6 Å². The molecule has 0 fully saturated rings. The van der Waals surface area contributed by atoms with Crippen molar-refractivity contribution in [1.82, 2.24) is 15.0 Å². The van der Waals surface area contributed by atoms with E-state index in [9.17, 15) is 4.79 Å². The average Bonchev–Trinajstić information content (AvgIpc) is 2.80. The highest BCUT2D eigenvalue weighted by Crippen LogP contribution is 2.24. The number of hydrogen-bond donors (Lipinski definition) is 2. The van der Waals surface area contributed by atoms with Crippen molar-refractivity contribution in [3.63, 3.8) is 0 Å². The lowest BCUT2D eigenvalue weighted by atomic mass is 10.1. The molecular weight excluding hydrogens is 366 g/mol. The summed E-state index contributed by atoms with van der Waals surface area (Å²) in [4.78, 5) is 25.0. The van der Waals surface area contributed by atoms with E-state index in [0.29, 0.717) is 11.8 Å². The zero-order valence-electron chi connectivity index (χ0n) is 12.7. The molecule has 0 radical (unpaired) electrons. The van der Waals surface area contributed by atoms with Gasteiger partial charge in [-0.3, -0.25) is 10.1 Å². The lowest BCUT2D eigenvalue weighted by molar-refractivity contribution is -0.114. The molecular formula is C14H18BrN5OS. The molecule has 6 nitrogen and oxygen atoms in total. The number of amides is 1. The van der Waals surface area contributed by atoms with Crippen molar-refractivity contribution in [2.24, 2.45) is 0 Å². The van der Waals surface area contributed by atoms with E-state index in [0.717, 1.165) is 17.3 Å². The fourth-order valence-corrected chi connectivity index (χ4v) is 3.47. The molecule has 2 aromatic rings. The molecule has 0 aliphatic carbocycles. The average molecular weight is 384 g/mol. The Kier molecular flexibility index (Phi) is 5.84. The van der Waals surface area contributed by atoms with Gasteiger partial charge in [-0.15, -0.1) is 11.3 Å². The molecule has 1 unspecified atom stereocenters. The summed E-state index contributed by atoms with van der Waals surface area (Å²) in [6, 6.07) is 2.27. The van der Waals surface area contributed by atoms with E-state index in [-0.39, 0.29) is 17.9 Å². The summed E-state index contributed by atoms with van der Waals surface area (Å²) < 4.78 is 1.16. The number of thiophene rings is 1. The van der Waals surface area contributed by atoms with Gasteiger partial charge in [0.2, 0.25) is 17.8 Å². The Labute approximate surface area is 141 Å². The van der Waals surface area contributed by atoms with E-state index in [1.807, 2.05) is 0 Å². The van der Waals surface area contributed by atoms with E-state index >= 15 is 0 Å². The second kappa shape index (κ2) is 7.64. The van der Waals surface area contributed by atoms with Crippen molar-refractivity contribution in [3.05, 3.63) is 26.6 Å². The first kappa shape index (κ1) is 16.8. The molecule has 2 heterocycles. The minimum Gasteiger partial charge on any atom is -0.352 e. The van der Waals surface area contributed by atoms with Crippen molar-refractivity contribution in [2.45, 2.75) is 39.7 Å². The molecule has 0 spiro atoms. The first-order valence-electron chi connectivity index (χ1n) is 6.92. The molecule has 0 saturated heterocycles. The fraction of sp³-hybridized carbons (Fsp3) is 0.429. The van der Waals surface area contributed by atoms with Crippen LogP contribution in [0.1, 0.15) is 31.0 Å². The van der Waals surface area contributed by atoms with Crippen LogP contribution in [-0.4, -0.2) is 26.9 Å². The van der Waals surface area contributed by atoms with Gasteiger partial charge in [0.05, 0.1) is 0 Å². The van der Waals surface area contributed by atoms with Crippen molar-refractivity contribution >= 4 is 45.1 Å². The van der Waals surface area contributed by atoms with Gasteiger partial charge in [0.1, 0.15) is 5.82 Å². The molecule has 0 aliphatic heterocycles. The number of aryl methyl sites for hydroxylation is 2. The Hall–Kier alpha value is -1.54. The van der Waals surface area contributed by atoms with Gasteiger partial charge >= 0.3 is 0 Å². The zero-order chi connectivity index (χ0) is 16.1. The van der Waals surface area contributed by atoms with Gasteiger partial charge < -0.3 is 5.32 Å². The summed E-state index contributed by atoms with van der Waals surface area (Å²) in [5.41, 5.74) is 0. The highest BCUT2D eigenvalue weighted by molar-refractivity contribution is 9.10. The minimum absolute atomic E-state index is 0.202. The second-order valence-electron chi connectivity index (χ2n) is 4.99. The highest BCUT2D eigenvalue weighted by atomic mass is 79.9. The van der Waals surface area contributed by atoms with Gasteiger partial charge in [0.15, 0.2) is 0 Å². The quantitative estimate of drug-likeness (QED) is 0.798. The third-order valence-electron chi connectivity index (χ3n) is 2.91. The molecule has 0 aromatic carbocycles. The Morgan fingerprint density at radius 1 is 1.36 bits per heavy atom. The van der Waals surface area contributed by atoms with Crippen molar-refractivity contribution in [1.29, 1.82) is 0 Å². The highest BCUT2D eigenvalue weighted by Gasteiger charge is 2.10. The van der Waals surface area contributed by atoms with Crippen LogP contribution in [0.15, 0.2) is 15.9 Å². The topological polar surface area (TPSA) is 79.8 Å². The Morgan fingerprint density at radius 2 is 2.09 bits per heavy atom. The van der Waals surface area contributed by atoms with Crippen LogP contribution in [0.4, 0.5) is 11.9 Å². The number of nitrogens with zero attached hydrogens (tertiary/aromatic N) is 3. The standard InChI is InChI=1S/C14H18BrN5OS/c1-8(4-5-12-11(15)6-7-22-12)16-13-17-9(2)18-14(20-13)19-10(3)21/h6-8H,4-5H2,1-3H3,(H2,16,17,18,19,20,21). The lowest BCUT2D eigenvalue weighted by Crippen LogP contribution is -2.20. The minimum atomic E-state index is -0.202. The maximum Gasteiger partial charge on any atom is 0.234 e. The first-order chi connectivity index (χ1) is 10.4. The van der Waals surface area contributed by atoms with Gasteiger partial charge in [-0.2, -0.15) is 15.0 Å². The van der Waals surface area contributed by atoms with Gasteiger partial charge in [-0.1, -0.05) is 0 Å². The Bertz CT molecular complexity index is 660. The maximum atomic E-state index is 11.1. The van der Waals surface area contributed by atoms with Crippen LogP contribution in [0.25, 0.3) is 0 Å².